The molecule has 7 nitrogen and oxygen atoms in total. The molecule has 0 radical (unpaired) electrons. The molecule has 0 aromatic heterocycles. The fourth-order valence-electron chi connectivity index (χ4n) is 3.57. The quantitative estimate of drug-likeness (QED) is 0.400. The summed E-state index contributed by atoms with van der Waals surface area (Å²) in [4.78, 5) is 20.9. The van der Waals surface area contributed by atoms with Gasteiger partial charge in [-0.05, 0) is 38.8 Å². The van der Waals surface area contributed by atoms with Crippen LogP contribution in [-0.4, -0.2) is 80.6 Å². The topological polar surface area (TPSA) is 72.0 Å². The molecule has 1 fully saturated rings. The second-order valence-corrected chi connectivity index (χ2v) is 8.25. The molecule has 1 aromatic rings. The number of carbonyl (C=O) groups excluding carboxylic acids is 1. The molecule has 1 aliphatic heterocycles. The van der Waals surface area contributed by atoms with Gasteiger partial charge < -0.3 is 16.0 Å². The summed E-state index contributed by atoms with van der Waals surface area (Å²) in [7, 11) is 3.97. The number of likely N-dealkylation sites (N-methyl/N-ethyl adjacent to an activating group) is 1. The highest BCUT2D eigenvalue weighted by atomic mass is 16.2. The minimum Gasteiger partial charge on any atom is -0.355 e. The number of piperidine rings is 1. The molecule has 168 valence electrons. The number of hydrogen-bond acceptors (Lipinski definition) is 4. The first-order chi connectivity index (χ1) is 14.5. The normalized spacial score (nSPS) is 17.0. The van der Waals surface area contributed by atoms with E-state index >= 15 is 0 Å². The Morgan fingerprint density at radius 1 is 1.23 bits per heavy atom. The van der Waals surface area contributed by atoms with Crippen LogP contribution in [0.1, 0.15) is 38.7 Å². The predicted octanol–water partition coefficient (Wildman–Crippen LogP) is 1.66. The lowest BCUT2D eigenvalue weighted by Crippen LogP contribution is -2.51. The number of guanidine groups is 1. The summed E-state index contributed by atoms with van der Waals surface area (Å²) >= 11 is 0. The van der Waals surface area contributed by atoms with E-state index in [0.29, 0.717) is 18.6 Å². The van der Waals surface area contributed by atoms with E-state index in [2.05, 4.69) is 82.0 Å². The van der Waals surface area contributed by atoms with Crippen molar-refractivity contribution in [3.63, 3.8) is 0 Å². The van der Waals surface area contributed by atoms with Crippen LogP contribution in [-0.2, 0) is 11.3 Å². The number of nitrogens with zero attached hydrogens (tertiary/aromatic N) is 3. The van der Waals surface area contributed by atoms with Crippen molar-refractivity contribution < 1.29 is 4.79 Å². The summed E-state index contributed by atoms with van der Waals surface area (Å²) in [5.74, 6) is 0.989. The van der Waals surface area contributed by atoms with Crippen LogP contribution < -0.4 is 16.0 Å². The minimum absolute atomic E-state index is 0.134. The average molecular weight is 417 g/mol. The standard InChI is InChI=1S/C23H40N6O/c1-5-13-25-22(30)18-29-14-11-21(12-15-29)27-23(24-3)26-16-19(2)28(4)17-20-9-7-6-8-10-20/h6-10,19,21H,5,11-18H2,1-4H3,(H,25,30)(H2,24,26,27). The van der Waals surface area contributed by atoms with E-state index in [-0.39, 0.29) is 5.91 Å². The Kier molecular flexibility index (Phi) is 10.7. The van der Waals surface area contributed by atoms with Crippen molar-refractivity contribution >= 4 is 11.9 Å². The van der Waals surface area contributed by atoms with Gasteiger partial charge in [-0.15, -0.1) is 0 Å². The fraction of sp³-hybridized carbons (Fsp3) is 0.652. The van der Waals surface area contributed by atoms with Crippen molar-refractivity contribution in [2.45, 2.75) is 51.7 Å². The maximum Gasteiger partial charge on any atom is 0.234 e. The van der Waals surface area contributed by atoms with Gasteiger partial charge in [0.05, 0.1) is 6.54 Å². The lowest BCUT2D eigenvalue weighted by molar-refractivity contribution is -0.122. The van der Waals surface area contributed by atoms with Crippen LogP contribution in [0.2, 0.25) is 0 Å². The third-order valence-electron chi connectivity index (χ3n) is 5.68. The Bertz CT molecular complexity index is 642. The van der Waals surface area contributed by atoms with Crippen LogP contribution >= 0.6 is 0 Å². The molecule has 1 saturated heterocycles. The van der Waals surface area contributed by atoms with Gasteiger partial charge in [0.15, 0.2) is 5.96 Å². The molecule has 7 heteroatoms. The zero-order valence-electron chi connectivity index (χ0n) is 19.2. The third kappa shape index (κ3) is 8.71. The molecular formula is C23H40N6O. The van der Waals surface area contributed by atoms with Gasteiger partial charge in [0.2, 0.25) is 5.91 Å². The second kappa shape index (κ2) is 13.2. The fourth-order valence-corrected chi connectivity index (χ4v) is 3.57. The van der Waals surface area contributed by atoms with Crippen molar-refractivity contribution in [3.8, 4) is 0 Å². The van der Waals surface area contributed by atoms with Crippen LogP contribution in [0.25, 0.3) is 0 Å². The number of benzene rings is 1. The van der Waals surface area contributed by atoms with E-state index in [4.69, 9.17) is 0 Å². The molecule has 0 saturated carbocycles. The summed E-state index contributed by atoms with van der Waals surface area (Å²) in [6, 6.07) is 11.3. The number of amides is 1. The van der Waals surface area contributed by atoms with Crippen LogP contribution in [0.15, 0.2) is 35.3 Å². The molecule has 1 amide bonds. The molecule has 1 aromatic carbocycles. The molecule has 1 unspecified atom stereocenters. The van der Waals surface area contributed by atoms with Crippen molar-refractivity contribution in [1.29, 1.82) is 0 Å². The highest BCUT2D eigenvalue weighted by Gasteiger charge is 2.21. The lowest BCUT2D eigenvalue weighted by atomic mass is 10.1. The number of likely N-dealkylation sites (tertiary alicyclic amines) is 1. The Hall–Kier alpha value is -2.12. The minimum atomic E-state index is 0.134. The lowest BCUT2D eigenvalue weighted by Gasteiger charge is -2.33. The first-order valence-electron chi connectivity index (χ1n) is 11.2. The summed E-state index contributed by atoms with van der Waals surface area (Å²) in [5.41, 5.74) is 1.32. The highest BCUT2D eigenvalue weighted by molar-refractivity contribution is 5.80. The van der Waals surface area contributed by atoms with E-state index < -0.39 is 0 Å². The van der Waals surface area contributed by atoms with E-state index in [1.807, 2.05) is 7.05 Å². The molecule has 1 heterocycles. The average Bonchev–Trinajstić information content (AvgIpc) is 2.76. The van der Waals surface area contributed by atoms with Gasteiger partial charge in [-0.25, -0.2) is 0 Å². The summed E-state index contributed by atoms with van der Waals surface area (Å²) < 4.78 is 0. The molecule has 2 rings (SSSR count). The Morgan fingerprint density at radius 3 is 2.57 bits per heavy atom. The number of hydrogen-bond donors (Lipinski definition) is 3. The van der Waals surface area contributed by atoms with Crippen molar-refractivity contribution in [2.75, 3.05) is 46.8 Å². The van der Waals surface area contributed by atoms with E-state index in [0.717, 1.165) is 57.9 Å². The van der Waals surface area contributed by atoms with Gasteiger partial charge in [-0.3, -0.25) is 19.6 Å². The maximum atomic E-state index is 11.9. The Balaban J connectivity index is 1.68. The van der Waals surface area contributed by atoms with Crippen molar-refractivity contribution in [2.24, 2.45) is 4.99 Å². The zero-order chi connectivity index (χ0) is 21.8. The number of rotatable bonds is 10. The zero-order valence-corrected chi connectivity index (χ0v) is 19.2. The smallest absolute Gasteiger partial charge is 0.234 e. The molecule has 1 atom stereocenters. The number of nitrogens with one attached hydrogen (secondary N) is 3. The summed E-state index contributed by atoms with van der Waals surface area (Å²) in [5, 5.41) is 9.97. The van der Waals surface area contributed by atoms with Crippen LogP contribution in [0, 0.1) is 0 Å². The van der Waals surface area contributed by atoms with Crippen molar-refractivity contribution in [3.05, 3.63) is 35.9 Å². The Morgan fingerprint density at radius 2 is 1.93 bits per heavy atom. The van der Waals surface area contributed by atoms with E-state index in [9.17, 15) is 4.79 Å². The van der Waals surface area contributed by atoms with Crippen LogP contribution in [0.3, 0.4) is 0 Å². The van der Waals surface area contributed by atoms with Gasteiger partial charge in [-0.2, -0.15) is 0 Å². The van der Waals surface area contributed by atoms with Crippen LogP contribution in [0.5, 0.6) is 0 Å². The highest BCUT2D eigenvalue weighted by Crippen LogP contribution is 2.10. The molecule has 30 heavy (non-hydrogen) atoms. The molecule has 0 spiro atoms. The third-order valence-corrected chi connectivity index (χ3v) is 5.68. The van der Waals surface area contributed by atoms with E-state index in [1.54, 1.807) is 0 Å². The first-order valence-corrected chi connectivity index (χ1v) is 11.2. The Labute approximate surface area is 182 Å². The van der Waals surface area contributed by atoms with Gasteiger partial charge >= 0.3 is 0 Å². The molecule has 3 N–H and O–H groups in total. The summed E-state index contributed by atoms with van der Waals surface area (Å²) in [6.07, 6.45) is 3.01. The largest absolute Gasteiger partial charge is 0.355 e. The van der Waals surface area contributed by atoms with Crippen LogP contribution in [0.4, 0.5) is 0 Å². The van der Waals surface area contributed by atoms with Gasteiger partial charge in [-0.1, -0.05) is 37.3 Å². The SMILES string of the molecule is CCCNC(=O)CN1CCC(NC(=NC)NCC(C)N(C)Cc2ccccc2)CC1. The van der Waals surface area contributed by atoms with Crippen molar-refractivity contribution in [1.82, 2.24) is 25.8 Å². The molecular weight excluding hydrogens is 376 g/mol. The second-order valence-electron chi connectivity index (χ2n) is 8.25. The van der Waals surface area contributed by atoms with Gasteiger partial charge in [0, 0.05) is 51.9 Å². The molecule has 0 aliphatic carbocycles. The number of carbonyl (C=O) groups is 1. The van der Waals surface area contributed by atoms with Gasteiger partial charge in [0.1, 0.15) is 0 Å². The number of aliphatic imine (C=N–C) groups is 1. The summed E-state index contributed by atoms with van der Waals surface area (Å²) in [6.45, 7) is 9.20. The molecule has 1 aliphatic rings. The van der Waals surface area contributed by atoms with E-state index in [1.165, 1.54) is 5.56 Å². The maximum absolute atomic E-state index is 11.9. The molecule has 0 bridgehead atoms. The monoisotopic (exact) mass is 416 g/mol. The first kappa shape index (κ1) is 24.2. The predicted molar refractivity (Wildman–Crippen MR) is 125 cm³/mol. The van der Waals surface area contributed by atoms with Gasteiger partial charge in [0.25, 0.3) is 0 Å².